The van der Waals surface area contributed by atoms with Crippen molar-refractivity contribution in [2.45, 2.75) is 18.8 Å². The van der Waals surface area contributed by atoms with Crippen LogP contribution in [0.1, 0.15) is 24.3 Å². The predicted octanol–water partition coefficient (Wildman–Crippen LogP) is 4.90. The molecule has 0 saturated heterocycles. The number of benzene rings is 3. The normalized spacial score (nSPS) is 13.6. The molecule has 0 amide bonds. The largest absolute Gasteiger partial charge is 0.114 e. The molecule has 3 aromatic carbocycles. The van der Waals surface area contributed by atoms with Gasteiger partial charge in [-0.1, -0.05) is 84.9 Å². The topological polar surface area (TPSA) is 0 Å². The lowest BCUT2D eigenvalue weighted by atomic mass is 10.1. The molecule has 23 heavy (non-hydrogen) atoms. The van der Waals surface area contributed by atoms with Crippen LogP contribution in [-0.2, 0) is 0 Å². The summed E-state index contributed by atoms with van der Waals surface area (Å²) in [6, 6.07) is 31.1. The Labute approximate surface area is 150 Å². The smallest absolute Gasteiger partial charge is 0.0116 e. The van der Waals surface area contributed by atoms with E-state index in [9.17, 15) is 0 Å². The summed E-state index contributed by atoms with van der Waals surface area (Å²) in [6.07, 6.45) is 2.70. The standard InChI is InChI=1S/C21H19P.BrH/c1-3-9-18(10-4-1)22(19-11-5-2-6-12-19)21-14-8-7-13-20(21)17-15-16-17;/h1-14,17H,15-16H2;1H. The monoisotopic (exact) mass is 382 g/mol. The molecule has 1 fully saturated rings. The Balaban J connectivity index is 0.00000156. The highest BCUT2D eigenvalue weighted by Gasteiger charge is 2.29. The van der Waals surface area contributed by atoms with Gasteiger partial charge >= 0.3 is 0 Å². The summed E-state index contributed by atoms with van der Waals surface area (Å²) in [4.78, 5) is 0. The summed E-state index contributed by atoms with van der Waals surface area (Å²) in [7, 11) is -0.459. The fraction of sp³-hybridized carbons (Fsp3) is 0.143. The van der Waals surface area contributed by atoms with Crippen LogP contribution in [0.3, 0.4) is 0 Å². The van der Waals surface area contributed by atoms with Crippen molar-refractivity contribution in [1.82, 2.24) is 0 Å². The van der Waals surface area contributed by atoms with Crippen LogP contribution < -0.4 is 15.9 Å². The van der Waals surface area contributed by atoms with E-state index in [0.717, 1.165) is 5.92 Å². The Bertz CT molecular complexity index is 712. The molecule has 116 valence electrons. The van der Waals surface area contributed by atoms with Crippen molar-refractivity contribution in [2.24, 2.45) is 0 Å². The first-order valence-corrected chi connectivity index (χ1v) is 9.27. The molecular formula is C21H20BrP. The van der Waals surface area contributed by atoms with E-state index in [4.69, 9.17) is 0 Å². The second-order valence-corrected chi connectivity index (χ2v) is 8.03. The Morgan fingerprint density at radius 3 is 1.61 bits per heavy atom. The maximum Gasteiger partial charge on any atom is -0.0116 e. The van der Waals surface area contributed by atoms with Crippen molar-refractivity contribution in [3.05, 3.63) is 90.5 Å². The summed E-state index contributed by atoms with van der Waals surface area (Å²) in [5.41, 5.74) is 1.57. The second-order valence-electron chi connectivity index (χ2n) is 5.84. The van der Waals surface area contributed by atoms with Crippen LogP contribution in [0.5, 0.6) is 0 Å². The van der Waals surface area contributed by atoms with E-state index >= 15 is 0 Å². The number of halogens is 1. The van der Waals surface area contributed by atoms with E-state index in [1.165, 1.54) is 28.8 Å². The van der Waals surface area contributed by atoms with Crippen molar-refractivity contribution in [1.29, 1.82) is 0 Å². The molecule has 1 aliphatic carbocycles. The minimum atomic E-state index is -0.459. The minimum absolute atomic E-state index is 0. The molecule has 0 aromatic heterocycles. The van der Waals surface area contributed by atoms with Gasteiger partial charge in [-0.25, -0.2) is 0 Å². The molecule has 2 heteroatoms. The van der Waals surface area contributed by atoms with Crippen molar-refractivity contribution in [3.8, 4) is 0 Å². The summed E-state index contributed by atoms with van der Waals surface area (Å²) in [5, 5.41) is 4.42. The van der Waals surface area contributed by atoms with Crippen molar-refractivity contribution in [3.63, 3.8) is 0 Å². The Morgan fingerprint density at radius 2 is 1.09 bits per heavy atom. The fourth-order valence-electron chi connectivity index (χ4n) is 3.01. The van der Waals surface area contributed by atoms with Gasteiger partial charge in [0.15, 0.2) is 0 Å². The van der Waals surface area contributed by atoms with Gasteiger partial charge in [-0.05, 0) is 48.2 Å². The Hall–Kier alpha value is -1.43. The van der Waals surface area contributed by atoms with E-state index in [-0.39, 0.29) is 17.0 Å². The zero-order valence-electron chi connectivity index (χ0n) is 12.9. The van der Waals surface area contributed by atoms with Gasteiger partial charge in [0, 0.05) is 0 Å². The zero-order chi connectivity index (χ0) is 14.8. The van der Waals surface area contributed by atoms with Crippen LogP contribution in [0.25, 0.3) is 0 Å². The lowest BCUT2D eigenvalue weighted by Crippen LogP contribution is -2.22. The molecule has 0 aliphatic heterocycles. The Morgan fingerprint density at radius 1 is 0.609 bits per heavy atom. The minimum Gasteiger partial charge on any atom is -0.114 e. The van der Waals surface area contributed by atoms with Crippen molar-refractivity contribution in [2.75, 3.05) is 0 Å². The van der Waals surface area contributed by atoms with Gasteiger partial charge in [0.2, 0.25) is 0 Å². The SMILES string of the molecule is Br.c1ccc(P(c2ccccc2)c2ccccc2C2CC2)cc1. The molecule has 0 radical (unpaired) electrons. The van der Waals surface area contributed by atoms with Crippen molar-refractivity contribution < 1.29 is 0 Å². The molecule has 0 bridgehead atoms. The van der Waals surface area contributed by atoms with Gasteiger partial charge < -0.3 is 0 Å². The molecule has 0 unspecified atom stereocenters. The van der Waals surface area contributed by atoms with E-state index in [1.54, 1.807) is 5.56 Å². The first kappa shape index (κ1) is 16.4. The van der Waals surface area contributed by atoms with E-state index in [2.05, 4.69) is 84.9 Å². The highest BCUT2D eigenvalue weighted by molar-refractivity contribution is 8.93. The Kier molecular flexibility index (Phi) is 5.30. The van der Waals surface area contributed by atoms with Crippen LogP contribution >= 0.6 is 24.9 Å². The molecule has 0 spiro atoms. The summed E-state index contributed by atoms with van der Waals surface area (Å²) < 4.78 is 0. The second kappa shape index (κ2) is 7.43. The van der Waals surface area contributed by atoms with Crippen LogP contribution in [0.4, 0.5) is 0 Å². The van der Waals surface area contributed by atoms with E-state index < -0.39 is 7.92 Å². The van der Waals surface area contributed by atoms with E-state index in [1.807, 2.05) is 0 Å². The molecule has 0 atom stereocenters. The highest BCUT2D eigenvalue weighted by atomic mass is 79.9. The molecule has 0 N–H and O–H groups in total. The quantitative estimate of drug-likeness (QED) is 0.563. The molecule has 1 saturated carbocycles. The van der Waals surface area contributed by atoms with Gasteiger partial charge in [0.05, 0.1) is 0 Å². The van der Waals surface area contributed by atoms with Gasteiger partial charge in [0.25, 0.3) is 0 Å². The molecule has 4 rings (SSSR count). The van der Waals surface area contributed by atoms with Gasteiger partial charge in [-0.2, -0.15) is 0 Å². The maximum absolute atomic E-state index is 2.35. The lowest BCUT2D eigenvalue weighted by Gasteiger charge is -2.22. The lowest BCUT2D eigenvalue weighted by molar-refractivity contribution is 1.15. The molecular weight excluding hydrogens is 363 g/mol. The molecule has 3 aromatic rings. The number of hydrogen-bond donors (Lipinski definition) is 0. The summed E-state index contributed by atoms with van der Waals surface area (Å²) in [6.45, 7) is 0. The van der Waals surface area contributed by atoms with Gasteiger partial charge in [0.1, 0.15) is 0 Å². The van der Waals surface area contributed by atoms with Crippen molar-refractivity contribution >= 4 is 40.8 Å². The van der Waals surface area contributed by atoms with Gasteiger partial charge in [-0.3, -0.25) is 0 Å². The summed E-state index contributed by atoms with van der Waals surface area (Å²) in [5.74, 6) is 0.786. The third-order valence-electron chi connectivity index (χ3n) is 4.22. The molecule has 0 nitrogen and oxygen atoms in total. The van der Waals surface area contributed by atoms with E-state index in [0.29, 0.717) is 0 Å². The third kappa shape index (κ3) is 3.57. The van der Waals surface area contributed by atoms with Crippen LogP contribution in [-0.4, -0.2) is 0 Å². The summed E-state index contributed by atoms with van der Waals surface area (Å²) >= 11 is 0. The van der Waals surface area contributed by atoms with Gasteiger partial charge in [-0.15, -0.1) is 17.0 Å². The molecule has 1 aliphatic rings. The number of hydrogen-bond acceptors (Lipinski definition) is 0. The highest BCUT2D eigenvalue weighted by Crippen LogP contribution is 2.44. The number of rotatable bonds is 4. The maximum atomic E-state index is 2.35. The molecule has 0 heterocycles. The van der Waals surface area contributed by atoms with Crippen LogP contribution in [0, 0.1) is 0 Å². The van der Waals surface area contributed by atoms with Crippen LogP contribution in [0.2, 0.25) is 0 Å². The van der Waals surface area contributed by atoms with Crippen LogP contribution in [0.15, 0.2) is 84.9 Å². The zero-order valence-corrected chi connectivity index (χ0v) is 15.5. The predicted molar refractivity (Wildman–Crippen MR) is 107 cm³/mol. The average molecular weight is 383 g/mol. The fourth-order valence-corrected chi connectivity index (χ4v) is 5.56. The first-order valence-electron chi connectivity index (χ1n) is 7.92. The third-order valence-corrected chi connectivity index (χ3v) is 6.74. The first-order chi connectivity index (χ1) is 10.9. The average Bonchev–Trinajstić information content (AvgIpc) is 3.43.